The number of rotatable bonds is 6. The van der Waals surface area contributed by atoms with Crippen molar-refractivity contribution in [3.63, 3.8) is 0 Å². The first-order valence-corrected chi connectivity index (χ1v) is 9.88. The largest absolute Gasteiger partial charge is 0.449 e. The number of carbonyl (C=O) groups excluding carboxylic acids is 2. The molecule has 1 aliphatic heterocycles. The van der Waals surface area contributed by atoms with Gasteiger partial charge in [-0.2, -0.15) is 4.31 Å². The summed E-state index contributed by atoms with van der Waals surface area (Å²) in [6.45, 7) is 6.52. The van der Waals surface area contributed by atoms with Crippen LogP contribution in [0.5, 0.6) is 0 Å². The summed E-state index contributed by atoms with van der Waals surface area (Å²) in [4.78, 5) is 24.0. The lowest BCUT2D eigenvalue weighted by Gasteiger charge is -2.26. The number of morpholine rings is 1. The second-order valence-electron chi connectivity index (χ2n) is 5.94. The van der Waals surface area contributed by atoms with Crippen molar-refractivity contribution in [1.29, 1.82) is 0 Å². The van der Waals surface area contributed by atoms with Crippen LogP contribution in [-0.2, 0) is 24.3 Å². The molecule has 1 aliphatic rings. The number of likely N-dealkylation sites (N-methyl/N-ethyl adjacent to an activating group) is 1. The molecule has 1 heterocycles. The van der Waals surface area contributed by atoms with Gasteiger partial charge in [-0.3, -0.25) is 4.79 Å². The first-order chi connectivity index (χ1) is 12.3. The molecule has 2 rings (SSSR count). The third kappa shape index (κ3) is 4.60. The summed E-state index contributed by atoms with van der Waals surface area (Å²) in [5.74, 6) is -1.16. The van der Waals surface area contributed by atoms with Crippen molar-refractivity contribution < 1.29 is 27.5 Å². The maximum Gasteiger partial charge on any atom is 0.338 e. The van der Waals surface area contributed by atoms with Gasteiger partial charge in [0.25, 0.3) is 5.91 Å². The number of amides is 1. The normalized spacial score (nSPS) is 16.7. The van der Waals surface area contributed by atoms with E-state index in [9.17, 15) is 18.0 Å². The fourth-order valence-corrected chi connectivity index (χ4v) is 4.19. The second-order valence-corrected chi connectivity index (χ2v) is 7.85. The summed E-state index contributed by atoms with van der Waals surface area (Å²) in [6.07, 6.45) is -0.969. The summed E-state index contributed by atoms with van der Waals surface area (Å²) >= 11 is 0. The molecule has 0 aliphatic carbocycles. The Bertz CT molecular complexity index is 771. The van der Waals surface area contributed by atoms with Crippen molar-refractivity contribution in [2.75, 3.05) is 32.8 Å². The van der Waals surface area contributed by atoms with Crippen LogP contribution in [0.1, 0.15) is 29.8 Å². The van der Waals surface area contributed by atoms with Gasteiger partial charge in [-0.25, -0.2) is 13.2 Å². The molecule has 0 bridgehead atoms. The summed E-state index contributed by atoms with van der Waals surface area (Å²) in [5, 5.41) is 2.56. The summed E-state index contributed by atoms with van der Waals surface area (Å²) in [7, 11) is -3.74. The maximum atomic E-state index is 12.9. The van der Waals surface area contributed by atoms with Gasteiger partial charge in [0, 0.05) is 19.6 Å². The molecular weight excluding hydrogens is 360 g/mol. The van der Waals surface area contributed by atoms with E-state index in [0.717, 1.165) is 0 Å². The number of nitrogens with one attached hydrogen (secondary N) is 1. The Morgan fingerprint density at radius 3 is 2.58 bits per heavy atom. The van der Waals surface area contributed by atoms with E-state index >= 15 is 0 Å². The number of esters is 1. The monoisotopic (exact) mass is 384 g/mol. The van der Waals surface area contributed by atoms with Gasteiger partial charge in [-0.05, 0) is 38.5 Å². The Morgan fingerprint density at radius 1 is 1.31 bits per heavy atom. The predicted molar refractivity (Wildman–Crippen MR) is 94.3 cm³/mol. The molecule has 9 heteroatoms. The zero-order valence-electron chi connectivity index (χ0n) is 15.1. The van der Waals surface area contributed by atoms with Crippen LogP contribution in [0, 0.1) is 6.92 Å². The van der Waals surface area contributed by atoms with Gasteiger partial charge in [0.2, 0.25) is 10.0 Å². The molecular formula is C17H24N2O6S. The molecule has 1 amide bonds. The molecule has 0 radical (unpaired) electrons. The van der Waals surface area contributed by atoms with Crippen molar-refractivity contribution >= 4 is 21.9 Å². The number of aryl methyl sites for hydroxylation is 1. The fraction of sp³-hybridized carbons (Fsp3) is 0.529. The number of carbonyl (C=O) groups is 2. The maximum absolute atomic E-state index is 12.9. The van der Waals surface area contributed by atoms with Crippen LogP contribution in [0.15, 0.2) is 23.1 Å². The van der Waals surface area contributed by atoms with E-state index in [-0.39, 0.29) is 23.5 Å². The van der Waals surface area contributed by atoms with Crippen molar-refractivity contribution in [2.45, 2.75) is 31.8 Å². The molecule has 0 unspecified atom stereocenters. The SMILES string of the molecule is CCNC(=O)[C@H](C)OC(=O)c1ccc(C)c(S(=O)(=O)N2CCOCC2)c1. The van der Waals surface area contributed by atoms with Crippen molar-refractivity contribution in [1.82, 2.24) is 9.62 Å². The summed E-state index contributed by atoms with van der Waals surface area (Å²) in [6, 6.07) is 4.34. The molecule has 1 aromatic rings. The summed E-state index contributed by atoms with van der Waals surface area (Å²) < 4.78 is 37.4. The Balaban J connectivity index is 2.23. The molecule has 0 spiro atoms. The highest BCUT2D eigenvalue weighted by molar-refractivity contribution is 7.89. The number of ether oxygens (including phenoxy) is 2. The van der Waals surface area contributed by atoms with E-state index in [1.54, 1.807) is 19.9 Å². The van der Waals surface area contributed by atoms with Crippen molar-refractivity contribution in [3.8, 4) is 0 Å². The summed E-state index contributed by atoms with van der Waals surface area (Å²) in [5.41, 5.74) is 0.614. The minimum Gasteiger partial charge on any atom is -0.449 e. The first kappa shape index (κ1) is 20.3. The van der Waals surface area contributed by atoms with Crippen LogP contribution in [0.2, 0.25) is 0 Å². The number of benzene rings is 1. The number of sulfonamides is 1. The van der Waals surface area contributed by atoms with E-state index in [1.165, 1.54) is 23.4 Å². The molecule has 1 fully saturated rings. The van der Waals surface area contributed by atoms with Gasteiger partial charge in [0.05, 0.1) is 23.7 Å². The molecule has 8 nitrogen and oxygen atoms in total. The Kier molecular flexibility index (Phi) is 6.74. The minimum absolute atomic E-state index is 0.0551. The highest BCUT2D eigenvalue weighted by Crippen LogP contribution is 2.23. The Labute approximate surface area is 153 Å². The van der Waals surface area contributed by atoms with Gasteiger partial charge in [-0.15, -0.1) is 0 Å². The molecule has 0 aromatic heterocycles. The van der Waals surface area contributed by atoms with E-state index < -0.39 is 28.0 Å². The van der Waals surface area contributed by atoms with E-state index in [0.29, 0.717) is 25.3 Å². The number of hydrogen-bond donors (Lipinski definition) is 1. The number of nitrogens with zero attached hydrogens (tertiary/aromatic N) is 1. The van der Waals surface area contributed by atoms with E-state index in [4.69, 9.17) is 9.47 Å². The van der Waals surface area contributed by atoms with Gasteiger partial charge in [0.15, 0.2) is 6.10 Å². The van der Waals surface area contributed by atoms with Crippen LogP contribution in [0.25, 0.3) is 0 Å². The third-order valence-electron chi connectivity index (χ3n) is 4.02. The van der Waals surface area contributed by atoms with Gasteiger partial charge >= 0.3 is 5.97 Å². The third-order valence-corrected chi connectivity index (χ3v) is 6.06. The molecule has 144 valence electrons. The van der Waals surface area contributed by atoms with Crippen molar-refractivity contribution in [2.24, 2.45) is 0 Å². The van der Waals surface area contributed by atoms with Crippen LogP contribution >= 0.6 is 0 Å². The lowest BCUT2D eigenvalue weighted by atomic mass is 10.1. The van der Waals surface area contributed by atoms with Crippen LogP contribution in [-0.4, -0.2) is 63.6 Å². The number of hydrogen-bond acceptors (Lipinski definition) is 6. The average molecular weight is 384 g/mol. The quantitative estimate of drug-likeness (QED) is 0.725. The molecule has 1 N–H and O–H groups in total. The molecule has 0 saturated carbocycles. The van der Waals surface area contributed by atoms with Crippen molar-refractivity contribution in [3.05, 3.63) is 29.3 Å². The smallest absolute Gasteiger partial charge is 0.338 e. The highest BCUT2D eigenvalue weighted by atomic mass is 32.2. The zero-order chi connectivity index (χ0) is 19.3. The topological polar surface area (TPSA) is 102 Å². The van der Waals surface area contributed by atoms with Gasteiger partial charge in [0.1, 0.15) is 0 Å². The molecule has 1 saturated heterocycles. The van der Waals surface area contributed by atoms with Crippen LogP contribution < -0.4 is 5.32 Å². The first-order valence-electron chi connectivity index (χ1n) is 8.44. The molecule has 1 aromatic carbocycles. The van der Waals surface area contributed by atoms with E-state index in [2.05, 4.69) is 5.32 Å². The average Bonchev–Trinajstić information content (AvgIpc) is 2.62. The Hall–Kier alpha value is -1.97. The van der Waals surface area contributed by atoms with Gasteiger partial charge < -0.3 is 14.8 Å². The fourth-order valence-electron chi connectivity index (χ4n) is 2.53. The van der Waals surface area contributed by atoms with Crippen LogP contribution in [0.3, 0.4) is 0 Å². The zero-order valence-corrected chi connectivity index (χ0v) is 16.0. The second kappa shape index (κ2) is 8.61. The lowest BCUT2D eigenvalue weighted by molar-refractivity contribution is -0.128. The predicted octanol–water partition coefficient (Wildman–Crippen LogP) is 0.697. The van der Waals surface area contributed by atoms with E-state index in [1.807, 2.05) is 0 Å². The lowest BCUT2D eigenvalue weighted by Crippen LogP contribution is -2.41. The molecule has 1 atom stereocenters. The Morgan fingerprint density at radius 2 is 1.96 bits per heavy atom. The van der Waals surface area contributed by atoms with Gasteiger partial charge in [-0.1, -0.05) is 6.07 Å². The minimum atomic E-state index is -3.74. The van der Waals surface area contributed by atoms with Crippen LogP contribution in [0.4, 0.5) is 0 Å². The molecule has 26 heavy (non-hydrogen) atoms. The highest BCUT2D eigenvalue weighted by Gasteiger charge is 2.29. The standard InChI is InChI=1S/C17H24N2O6S/c1-4-18-16(20)13(3)25-17(21)14-6-5-12(2)15(11-14)26(22,23)19-7-9-24-10-8-19/h5-6,11,13H,4,7-10H2,1-3H3,(H,18,20)/t13-/m0/s1.